The van der Waals surface area contributed by atoms with E-state index in [1.54, 1.807) is 17.9 Å². The highest BCUT2D eigenvalue weighted by Crippen LogP contribution is 2.35. The van der Waals surface area contributed by atoms with Gasteiger partial charge in [0.2, 0.25) is 0 Å². The minimum Gasteiger partial charge on any atom is -0.497 e. The van der Waals surface area contributed by atoms with Gasteiger partial charge in [-0.1, -0.05) is 0 Å². The number of pyridine rings is 2. The first kappa shape index (κ1) is 16.2. The zero-order valence-electron chi connectivity index (χ0n) is 14.7. The third-order valence-corrected chi connectivity index (χ3v) is 4.23. The number of benzene rings is 1. The molecule has 3 heterocycles. The lowest BCUT2D eigenvalue weighted by molar-refractivity contribution is 0.415. The van der Waals surface area contributed by atoms with Crippen molar-refractivity contribution in [3.8, 4) is 28.3 Å². The summed E-state index contributed by atoms with van der Waals surface area (Å²) >= 11 is 0. The van der Waals surface area contributed by atoms with E-state index in [9.17, 15) is 4.39 Å². The number of halogens is 1. The molecule has 5 nitrogen and oxygen atoms in total. The van der Waals surface area contributed by atoms with Gasteiger partial charge in [0.15, 0.2) is 0 Å². The number of aryl methyl sites for hydroxylation is 2. The Bertz CT molecular complexity index is 1100. The van der Waals surface area contributed by atoms with Crippen LogP contribution >= 0.6 is 0 Å². The quantitative estimate of drug-likeness (QED) is 0.558. The maximum absolute atomic E-state index is 13.3. The van der Waals surface area contributed by atoms with Crippen LogP contribution in [0, 0.1) is 12.7 Å². The van der Waals surface area contributed by atoms with Crippen LogP contribution in [0.4, 0.5) is 4.39 Å². The molecular formula is C20H17FN4O. The zero-order valence-corrected chi connectivity index (χ0v) is 14.7. The highest BCUT2D eigenvalue weighted by molar-refractivity contribution is 5.98. The summed E-state index contributed by atoms with van der Waals surface area (Å²) in [5.41, 5.74) is 4.99. The molecule has 0 aliphatic heterocycles. The maximum atomic E-state index is 13.3. The molecule has 0 aliphatic carbocycles. The van der Waals surface area contributed by atoms with Crippen molar-refractivity contribution in [1.29, 1.82) is 0 Å². The number of methoxy groups -OCH3 is 1. The summed E-state index contributed by atoms with van der Waals surface area (Å²) in [6, 6.07) is 10.9. The fourth-order valence-electron chi connectivity index (χ4n) is 3.08. The van der Waals surface area contributed by atoms with Crippen molar-refractivity contribution in [2.45, 2.75) is 6.92 Å². The van der Waals surface area contributed by atoms with E-state index in [1.165, 1.54) is 12.3 Å². The highest BCUT2D eigenvalue weighted by atomic mass is 19.1. The van der Waals surface area contributed by atoms with Crippen LogP contribution in [0.3, 0.4) is 0 Å². The largest absolute Gasteiger partial charge is 0.497 e. The Kier molecular flexibility index (Phi) is 3.88. The summed E-state index contributed by atoms with van der Waals surface area (Å²) in [6.45, 7) is 1.95. The van der Waals surface area contributed by atoms with E-state index in [1.807, 2.05) is 44.4 Å². The summed E-state index contributed by atoms with van der Waals surface area (Å²) in [5, 5.41) is 5.54. The molecule has 0 atom stereocenters. The monoisotopic (exact) mass is 348 g/mol. The van der Waals surface area contributed by atoms with Crippen molar-refractivity contribution < 1.29 is 9.13 Å². The molecule has 4 aromatic rings. The first-order valence-electron chi connectivity index (χ1n) is 8.16. The zero-order chi connectivity index (χ0) is 18.3. The number of ether oxygens (including phenoxy) is 1. The van der Waals surface area contributed by atoms with Gasteiger partial charge >= 0.3 is 0 Å². The van der Waals surface area contributed by atoms with Crippen molar-refractivity contribution in [2.75, 3.05) is 7.11 Å². The minimum absolute atomic E-state index is 0.372. The molecule has 0 fully saturated rings. The SMILES string of the molecule is COc1ccc2c(-c3cn(C)nc3-c3ccc(F)cn3)cc(C)nc2c1. The Labute approximate surface area is 150 Å². The van der Waals surface area contributed by atoms with Gasteiger partial charge in [-0.2, -0.15) is 5.10 Å². The molecule has 130 valence electrons. The van der Waals surface area contributed by atoms with Crippen molar-refractivity contribution >= 4 is 10.9 Å². The van der Waals surface area contributed by atoms with E-state index < -0.39 is 0 Å². The smallest absolute Gasteiger partial charge is 0.141 e. The Morgan fingerprint density at radius 2 is 1.92 bits per heavy atom. The third-order valence-electron chi connectivity index (χ3n) is 4.23. The molecule has 26 heavy (non-hydrogen) atoms. The van der Waals surface area contributed by atoms with E-state index in [4.69, 9.17) is 4.74 Å². The Morgan fingerprint density at radius 1 is 1.08 bits per heavy atom. The van der Waals surface area contributed by atoms with Crippen molar-refractivity contribution in [3.63, 3.8) is 0 Å². The molecule has 1 aromatic carbocycles. The van der Waals surface area contributed by atoms with Crippen LogP contribution < -0.4 is 4.74 Å². The average Bonchev–Trinajstić information content (AvgIpc) is 3.02. The van der Waals surface area contributed by atoms with Crippen LogP contribution in [0.1, 0.15) is 5.69 Å². The molecule has 6 heteroatoms. The standard InChI is InChI=1S/C20H17FN4O/c1-12-8-16(15-6-5-14(26-3)9-19(15)23-12)17-11-25(2)24-20(17)18-7-4-13(21)10-22-18/h4-11H,1-3H3. The average molecular weight is 348 g/mol. The predicted octanol–water partition coefficient (Wildman–Crippen LogP) is 4.15. The van der Waals surface area contributed by atoms with Crippen LogP contribution in [-0.2, 0) is 7.05 Å². The predicted molar refractivity (Wildman–Crippen MR) is 98.4 cm³/mol. The van der Waals surface area contributed by atoms with Gasteiger partial charge in [0, 0.05) is 36.0 Å². The van der Waals surface area contributed by atoms with Crippen LogP contribution in [0.2, 0.25) is 0 Å². The Balaban J connectivity index is 1.97. The Morgan fingerprint density at radius 3 is 2.65 bits per heavy atom. The number of fused-ring (bicyclic) bond motifs is 1. The van der Waals surface area contributed by atoms with Crippen molar-refractivity contribution in [1.82, 2.24) is 19.7 Å². The fraction of sp³-hybridized carbons (Fsp3) is 0.150. The first-order chi connectivity index (χ1) is 12.5. The minimum atomic E-state index is -0.372. The van der Waals surface area contributed by atoms with Gasteiger partial charge in [-0.25, -0.2) is 4.39 Å². The van der Waals surface area contributed by atoms with Gasteiger partial charge in [0.25, 0.3) is 0 Å². The van der Waals surface area contributed by atoms with Crippen molar-refractivity contribution in [3.05, 3.63) is 60.3 Å². The molecule has 0 saturated carbocycles. The van der Waals surface area contributed by atoms with Crippen molar-refractivity contribution in [2.24, 2.45) is 7.05 Å². The van der Waals surface area contributed by atoms with Crippen LogP contribution in [-0.4, -0.2) is 26.9 Å². The number of nitrogens with zero attached hydrogens (tertiary/aromatic N) is 4. The summed E-state index contributed by atoms with van der Waals surface area (Å²) in [5.74, 6) is 0.386. The van der Waals surface area contributed by atoms with Crippen LogP contribution in [0.25, 0.3) is 33.4 Å². The van der Waals surface area contributed by atoms with E-state index in [2.05, 4.69) is 15.1 Å². The third kappa shape index (κ3) is 2.79. The molecule has 0 aliphatic rings. The van der Waals surface area contributed by atoms with E-state index in [0.717, 1.165) is 33.5 Å². The lowest BCUT2D eigenvalue weighted by atomic mass is 9.99. The summed E-state index contributed by atoms with van der Waals surface area (Å²) in [7, 11) is 3.49. The first-order valence-corrected chi connectivity index (χ1v) is 8.16. The molecule has 0 N–H and O–H groups in total. The number of rotatable bonds is 3. The van der Waals surface area contributed by atoms with Gasteiger partial charge in [-0.05, 0) is 42.8 Å². The second kappa shape index (κ2) is 6.22. The van der Waals surface area contributed by atoms with E-state index in [0.29, 0.717) is 11.4 Å². The molecule has 0 spiro atoms. The molecule has 0 bridgehead atoms. The maximum Gasteiger partial charge on any atom is 0.141 e. The van der Waals surface area contributed by atoms with Gasteiger partial charge < -0.3 is 4.74 Å². The highest BCUT2D eigenvalue weighted by Gasteiger charge is 2.17. The summed E-state index contributed by atoms with van der Waals surface area (Å²) < 4.78 is 20.3. The summed E-state index contributed by atoms with van der Waals surface area (Å²) in [4.78, 5) is 8.81. The number of hydrogen-bond acceptors (Lipinski definition) is 4. The van der Waals surface area contributed by atoms with Gasteiger partial charge in [-0.3, -0.25) is 14.6 Å². The van der Waals surface area contributed by atoms with Gasteiger partial charge in [0.1, 0.15) is 17.3 Å². The second-order valence-electron chi connectivity index (χ2n) is 6.12. The molecule has 4 rings (SSSR count). The topological polar surface area (TPSA) is 52.8 Å². The van der Waals surface area contributed by atoms with E-state index in [-0.39, 0.29) is 5.82 Å². The number of aromatic nitrogens is 4. The molecule has 3 aromatic heterocycles. The fourth-order valence-corrected chi connectivity index (χ4v) is 3.08. The lowest BCUT2D eigenvalue weighted by Crippen LogP contribution is -1.92. The normalized spacial score (nSPS) is 11.1. The lowest BCUT2D eigenvalue weighted by Gasteiger charge is -2.09. The van der Waals surface area contributed by atoms with E-state index >= 15 is 0 Å². The molecule has 0 saturated heterocycles. The molecular weight excluding hydrogens is 331 g/mol. The number of hydrogen-bond donors (Lipinski definition) is 0. The van der Waals surface area contributed by atoms with Crippen LogP contribution in [0.15, 0.2) is 48.8 Å². The Hall–Kier alpha value is -3.28. The molecule has 0 unspecified atom stereocenters. The summed E-state index contributed by atoms with van der Waals surface area (Å²) in [6.07, 6.45) is 3.15. The van der Waals surface area contributed by atoms with Gasteiger partial charge in [-0.15, -0.1) is 0 Å². The van der Waals surface area contributed by atoms with Crippen LogP contribution in [0.5, 0.6) is 5.75 Å². The molecule has 0 radical (unpaired) electrons. The second-order valence-corrected chi connectivity index (χ2v) is 6.12. The molecule has 0 amide bonds. The van der Waals surface area contributed by atoms with Gasteiger partial charge in [0.05, 0.1) is 24.5 Å².